The molecule has 0 heterocycles. The lowest BCUT2D eigenvalue weighted by Crippen LogP contribution is -2.33. The summed E-state index contributed by atoms with van der Waals surface area (Å²) in [6.45, 7) is 0. The minimum Gasteiger partial charge on any atom is -0.349 e. The molecule has 0 saturated heterocycles. The summed E-state index contributed by atoms with van der Waals surface area (Å²) in [7, 11) is 0. The van der Waals surface area contributed by atoms with E-state index in [0.29, 0.717) is 0 Å². The van der Waals surface area contributed by atoms with E-state index in [1.54, 1.807) is 0 Å². The van der Waals surface area contributed by atoms with Crippen LogP contribution < -0.4 is 5.32 Å². The molecule has 84 valence electrons. The van der Waals surface area contributed by atoms with E-state index in [1.165, 1.54) is 12.1 Å². The quantitative estimate of drug-likeness (QED) is 0.766. The predicted molar refractivity (Wildman–Crippen MR) is 56.0 cm³/mol. The second-order valence-corrected chi connectivity index (χ2v) is 3.71. The topological polar surface area (TPSA) is 29.1 Å². The monoisotopic (exact) mass is 223 g/mol. The van der Waals surface area contributed by atoms with Gasteiger partial charge in [-0.3, -0.25) is 4.79 Å². The van der Waals surface area contributed by atoms with E-state index in [-0.39, 0.29) is 11.6 Å². The van der Waals surface area contributed by atoms with Crippen LogP contribution in [0.1, 0.15) is 23.2 Å². The van der Waals surface area contributed by atoms with E-state index >= 15 is 0 Å². The van der Waals surface area contributed by atoms with Crippen LogP contribution in [0.15, 0.2) is 30.4 Å². The first-order valence-corrected chi connectivity index (χ1v) is 5.08. The summed E-state index contributed by atoms with van der Waals surface area (Å²) in [6.07, 6.45) is 5.38. The lowest BCUT2D eigenvalue weighted by molar-refractivity contribution is 0.0934. The second kappa shape index (κ2) is 4.43. The smallest absolute Gasteiger partial charge is 0.254 e. The highest BCUT2D eigenvalue weighted by Crippen LogP contribution is 2.14. The minimum absolute atomic E-state index is 0.00447. The third-order valence-corrected chi connectivity index (χ3v) is 2.54. The Hall–Kier alpha value is -1.71. The summed E-state index contributed by atoms with van der Waals surface area (Å²) in [5.74, 6) is -2.66. The van der Waals surface area contributed by atoms with Crippen molar-refractivity contribution in [3.63, 3.8) is 0 Å². The zero-order valence-electron chi connectivity index (χ0n) is 8.54. The Morgan fingerprint density at radius 3 is 2.62 bits per heavy atom. The molecule has 1 aliphatic rings. The molecule has 16 heavy (non-hydrogen) atoms. The molecule has 1 N–H and O–H groups in total. The molecule has 0 aliphatic heterocycles. The molecule has 0 fully saturated rings. The van der Waals surface area contributed by atoms with Gasteiger partial charge in [-0.1, -0.05) is 18.2 Å². The maximum atomic E-state index is 13.3. The number of rotatable bonds is 2. The van der Waals surface area contributed by atoms with Crippen LogP contribution in [0.4, 0.5) is 8.78 Å². The van der Waals surface area contributed by atoms with Crippen LogP contribution in [0.2, 0.25) is 0 Å². The van der Waals surface area contributed by atoms with Crippen molar-refractivity contribution in [2.75, 3.05) is 0 Å². The highest BCUT2D eigenvalue weighted by atomic mass is 19.2. The zero-order valence-corrected chi connectivity index (χ0v) is 8.54. The molecule has 1 aromatic carbocycles. The van der Waals surface area contributed by atoms with Crippen molar-refractivity contribution in [2.45, 2.75) is 18.9 Å². The van der Waals surface area contributed by atoms with E-state index in [4.69, 9.17) is 0 Å². The van der Waals surface area contributed by atoms with E-state index in [9.17, 15) is 13.6 Å². The number of amides is 1. The van der Waals surface area contributed by atoms with Crippen LogP contribution in [0, 0.1) is 11.6 Å². The van der Waals surface area contributed by atoms with Crippen LogP contribution in [0.5, 0.6) is 0 Å². The molecule has 1 amide bonds. The molecule has 1 aliphatic carbocycles. The fraction of sp³-hybridized carbons (Fsp3) is 0.250. The molecule has 2 rings (SSSR count). The predicted octanol–water partition coefficient (Wildman–Crippen LogP) is 2.41. The maximum absolute atomic E-state index is 13.3. The highest BCUT2D eigenvalue weighted by molar-refractivity contribution is 5.94. The largest absolute Gasteiger partial charge is 0.349 e. The Balaban J connectivity index is 2.11. The second-order valence-electron chi connectivity index (χ2n) is 3.71. The highest BCUT2D eigenvalue weighted by Gasteiger charge is 2.18. The Labute approximate surface area is 92.0 Å². The number of nitrogens with one attached hydrogen (secondary N) is 1. The first kappa shape index (κ1) is 10.8. The number of halogens is 2. The van der Waals surface area contributed by atoms with Crippen LogP contribution >= 0.6 is 0 Å². The molecule has 0 bridgehead atoms. The number of carbonyl (C=O) groups is 1. The molecule has 2 nitrogen and oxygen atoms in total. The van der Waals surface area contributed by atoms with E-state index < -0.39 is 17.5 Å². The average molecular weight is 223 g/mol. The summed E-state index contributed by atoms with van der Waals surface area (Å²) in [6, 6.07) is 3.58. The first-order valence-electron chi connectivity index (χ1n) is 5.08. The van der Waals surface area contributed by atoms with Crippen molar-refractivity contribution in [1.82, 2.24) is 5.32 Å². The van der Waals surface area contributed by atoms with E-state index in [0.717, 1.165) is 18.9 Å². The van der Waals surface area contributed by atoms with Gasteiger partial charge in [0.2, 0.25) is 0 Å². The Morgan fingerprint density at radius 1 is 1.25 bits per heavy atom. The summed E-state index contributed by atoms with van der Waals surface area (Å²) in [5, 5.41) is 2.66. The van der Waals surface area contributed by atoms with Crippen LogP contribution in [0.25, 0.3) is 0 Å². The molecule has 0 spiro atoms. The van der Waals surface area contributed by atoms with E-state index in [1.807, 2.05) is 12.2 Å². The third-order valence-electron chi connectivity index (χ3n) is 2.54. The molecule has 0 atom stereocenters. The maximum Gasteiger partial charge on any atom is 0.254 e. The van der Waals surface area contributed by atoms with Gasteiger partial charge in [0.05, 0.1) is 5.56 Å². The van der Waals surface area contributed by atoms with Crippen molar-refractivity contribution in [2.24, 2.45) is 0 Å². The summed E-state index contributed by atoms with van der Waals surface area (Å²) >= 11 is 0. The summed E-state index contributed by atoms with van der Waals surface area (Å²) in [4.78, 5) is 11.6. The number of benzene rings is 1. The van der Waals surface area contributed by atoms with Gasteiger partial charge < -0.3 is 5.32 Å². The molecular formula is C12H11F2NO. The minimum atomic E-state index is -1.09. The van der Waals surface area contributed by atoms with Crippen LogP contribution in [0.3, 0.4) is 0 Å². The Kier molecular flexibility index (Phi) is 2.99. The third kappa shape index (κ3) is 2.10. The van der Waals surface area contributed by atoms with Gasteiger partial charge in [-0.15, -0.1) is 0 Å². The van der Waals surface area contributed by atoms with Gasteiger partial charge >= 0.3 is 0 Å². The van der Waals surface area contributed by atoms with Crippen LogP contribution in [-0.4, -0.2) is 11.9 Å². The van der Waals surface area contributed by atoms with Gasteiger partial charge in [-0.25, -0.2) is 8.78 Å². The zero-order chi connectivity index (χ0) is 11.5. The summed E-state index contributed by atoms with van der Waals surface area (Å²) in [5.41, 5.74) is -0.244. The van der Waals surface area contributed by atoms with Gasteiger partial charge in [0, 0.05) is 6.04 Å². The van der Waals surface area contributed by atoms with Crippen molar-refractivity contribution < 1.29 is 13.6 Å². The molecule has 0 aromatic heterocycles. The Morgan fingerprint density at radius 2 is 1.94 bits per heavy atom. The normalized spacial score (nSPS) is 15.4. The van der Waals surface area contributed by atoms with Gasteiger partial charge in [-0.05, 0) is 25.0 Å². The van der Waals surface area contributed by atoms with E-state index in [2.05, 4.69) is 5.32 Å². The fourth-order valence-corrected chi connectivity index (χ4v) is 1.68. The van der Waals surface area contributed by atoms with Crippen molar-refractivity contribution in [3.8, 4) is 0 Å². The van der Waals surface area contributed by atoms with Crippen molar-refractivity contribution in [3.05, 3.63) is 47.5 Å². The number of hydrogen-bond donors (Lipinski definition) is 1. The average Bonchev–Trinajstić information content (AvgIpc) is 2.74. The Bertz CT molecular complexity index is 435. The molecular weight excluding hydrogens is 212 g/mol. The molecule has 1 aromatic rings. The molecule has 4 heteroatoms. The van der Waals surface area contributed by atoms with Crippen molar-refractivity contribution in [1.29, 1.82) is 0 Å². The molecule has 0 radical (unpaired) electrons. The first-order chi connectivity index (χ1) is 7.68. The van der Waals surface area contributed by atoms with Gasteiger partial charge in [0.15, 0.2) is 11.6 Å². The van der Waals surface area contributed by atoms with Crippen molar-refractivity contribution >= 4 is 5.91 Å². The number of hydrogen-bond acceptors (Lipinski definition) is 1. The summed E-state index contributed by atoms with van der Waals surface area (Å²) < 4.78 is 26.2. The number of carbonyl (C=O) groups excluding carboxylic acids is 1. The lowest BCUT2D eigenvalue weighted by Gasteiger charge is -2.12. The fourth-order valence-electron chi connectivity index (χ4n) is 1.68. The van der Waals surface area contributed by atoms with Gasteiger partial charge in [-0.2, -0.15) is 0 Å². The SMILES string of the molecule is O=C(NC1CC=CC1)c1cccc(F)c1F. The molecule has 0 unspecified atom stereocenters. The molecule has 0 saturated carbocycles. The van der Waals surface area contributed by atoms with Gasteiger partial charge in [0.25, 0.3) is 5.91 Å². The standard InChI is InChI=1S/C12H11F2NO/c13-10-7-3-6-9(11(10)14)12(16)15-8-4-1-2-5-8/h1-3,6-8H,4-5H2,(H,15,16). The van der Waals surface area contributed by atoms with Gasteiger partial charge in [0.1, 0.15) is 0 Å². The lowest BCUT2D eigenvalue weighted by atomic mass is 10.1. The van der Waals surface area contributed by atoms with Crippen LogP contribution in [-0.2, 0) is 0 Å².